The molecule has 0 atom stereocenters. The molecule has 1 aromatic heterocycles. The minimum Gasteiger partial charge on any atom is -0.381 e. The Bertz CT molecular complexity index is 405. The number of halogens is 1. The van der Waals surface area contributed by atoms with Crippen molar-refractivity contribution in [3.8, 4) is 0 Å². The SMILES string of the molecule is CCCc1nc(Cl)cc(NC2(C)CCOCC2)n1. The van der Waals surface area contributed by atoms with E-state index in [-0.39, 0.29) is 5.54 Å². The highest BCUT2D eigenvalue weighted by atomic mass is 35.5. The monoisotopic (exact) mass is 269 g/mol. The summed E-state index contributed by atoms with van der Waals surface area (Å²) < 4.78 is 5.39. The van der Waals surface area contributed by atoms with Gasteiger partial charge in [-0.1, -0.05) is 18.5 Å². The second-order valence-electron chi connectivity index (χ2n) is 5.04. The molecule has 0 amide bonds. The molecule has 1 N–H and O–H groups in total. The van der Waals surface area contributed by atoms with Crippen LogP contribution in [0.4, 0.5) is 5.82 Å². The van der Waals surface area contributed by atoms with E-state index >= 15 is 0 Å². The van der Waals surface area contributed by atoms with E-state index in [0.717, 1.165) is 50.5 Å². The molecule has 0 aliphatic carbocycles. The topological polar surface area (TPSA) is 47.0 Å². The number of hydrogen-bond acceptors (Lipinski definition) is 4. The summed E-state index contributed by atoms with van der Waals surface area (Å²) in [6, 6.07) is 1.79. The van der Waals surface area contributed by atoms with Gasteiger partial charge in [0.05, 0.1) is 0 Å². The van der Waals surface area contributed by atoms with Gasteiger partial charge in [-0.25, -0.2) is 9.97 Å². The molecule has 1 aliphatic rings. The summed E-state index contributed by atoms with van der Waals surface area (Å²) in [5, 5.41) is 3.99. The molecule has 1 aromatic rings. The minimum atomic E-state index is 0.0411. The summed E-state index contributed by atoms with van der Waals surface area (Å²) in [5.74, 6) is 1.63. The van der Waals surface area contributed by atoms with Crippen molar-refractivity contribution < 1.29 is 4.74 Å². The summed E-state index contributed by atoms with van der Waals surface area (Å²) >= 11 is 6.03. The van der Waals surface area contributed by atoms with Crippen LogP contribution < -0.4 is 5.32 Å². The van der Waals surface area contributed by atoms with Gasteiger partial charge >= 0.3 is 0 Å². The molecule has 0 saturated carbocycles. The maximum absolute atomic E-state index is 6.03. The summed E-state index contributed by atoms with van der Waals surface area (Å²) in [5.41, 5.74) is 0.0411. The normalized spacial score (nSPS) is 18.6. The fourth-order valence-corrected chi connectivity index (χ4v) is 2.32. The average Bonchev–Trinajstić information content (AvgIpc) is 2.28. The summed E-state index contributed by atoms with van der Waals surface area (Å²) in [4.78, 5) is 8.74. The van der Waals surface area contributed by atoms with E-state index in [9.17, 15) is 0 Å². The zero-order valence-corrected chi connectivity index (χ0v) is 11.8. The third-order valence-electron chi connectivity index (χ3n) is 3.24. The van der Waals surface area contributed by atoms with E-state index < -0.39 is 0 Å². The standard InChI is InChI=1S/C13H20ClN3O/c1-3-4-11-15-10(14)9-12(16-11)17-13(2)5-7-18-8-6-13/h9H,3-8H2,1-2H3,(H,15,16,17). The van der Waals surface area contributed by atoms with Gasteiger partial charge in [0.15, 0.2) is 0 Å². The van der Waals surface area contributed by atoms with E-state index in [2.05, 4.69) is 29.1 Å². The number of aryl methyl sites for hydroxylation is 1. The molecule has 2 rings (SSSR count). The van der Waals surface area contributed by atoms with E-state index in [1.807, 2.05) is 0 Å². The zero-order valence-electron chi connectivity index (χ0n) is 11.0. The number of rotatable bonds is 4. The third kappa shape index (κ3) is 3.56. The molecule has 18 heavy (non-hydrogen) atoms. The quantitative estimate of drug-likeness (QED) is 0.854. The van der Waals surface area contributed by atoms with Gasteiger partial charge in [0.1, 0.15) is 16.8 Å². The van der Waals surface area contributed by atoms with Gasteiger partial charge in [-0.15, -0.1) is 0 Å². The lowest BCUT2D eigenvalue weighted by molar-refractivity contribution is 0.0657. The zero-order chi connectivity index (χ0) is 13.0. The Kier molecular flexibility index (Phi) is 4.40. The maximum atomic E-state index is 6.03. The molecule has 0 bridgehead atoms. The number of ether oxygens (including phenoxy) is 1. The molecular formula is C13H20ClN3O. The van der Waals surface area contributed by atoms with Gasteiger partial charge in [0.25, 0.3) is 0 Å². The lowest BCUT2D eigenvalue weighted by Gasteiger charge is -2.35. The summed E-state index contributed by atoms with van der Waals surface area (Å²) in [6.07, 6.45) is 3.84. The largest absolute Gasteiger partial charge is 0.381 e. The Morgan fingerprint density at radius 2 is 2.11 bits per heavy atom. The molecule has 0 spiro atoms. The fourth-order valence-electron chi connectivity index (χ4n) is 2.12. The number of nitrogens with zero attached hydrogens (tertiary/aromatic N) is 2. The van der Waals surface area contributed by atoms with Crippen LogP contribution in [0.25, 0.3) is 0 Å². The van der Waals surface area contributed by atoms with E-state index in [1.165, 1.54) is 0 Å². The third-order valence-corrected chi connectivity index (χ3v) is 3.43. The van der Waals surface area contributed by atoms with E-state index in [1.54, 1.807) is 6.07 Å². The van der Waals surface area contributed by atoms with Crippen LogP contribution in [-0.4, -0.2) is 28.7 Å². The molecular weight excluding hydrogens is 250 g/mol. The molecule has 1 saturated heterocycles. The van der Waals surface area contributed by atoms with E-state index in [4.69, 9.17) is 16.3 Å². The van der Waals surface area contributed by atoms with Gasteiger partial charge in [-0.05, 0) is 26.2 Å². The van der Waals surface area contributed by atoms with Crippen molar-refractivity contribution in [2.45, 2.75) is 45.1 Å². The first-order valence-electron chi connectivity index (χ1n) is 6.51. The predicted molar refractivity (Wildman–Crippen MR) is 73.1 cm³/mol. The highest BCUT2D eigenvalue weighted by Crippen LogP contribution is 2.25. The van der Waals surface area contributed by atoms with Gasteiger partial charge in [0, 0.05) is 31.2 Å². The highest BCUT2D eigenvalue weighted by molar-refractivity contribution is 6.29. The number of aromatic nitrogens is 2. The van der Waals surface area contributed by atoms with E-state index in [0.29, 0.717) is 5.15 Å². The first kappa shape index (κ1) is 13.6. The van der Waals surface area contributed by atoms with Crippen LogP contribution >= 0.6 is 11.6 Å². The van der Waals surface area contributed by atoms with Gasteiger partial charge < -0.3 is 10.1 Å². The van der Waals surface area contributed by atoms with Crippen LogP contribution in [0.1, 0.15) is 38.9 Å². The number of anilines is 1. The Morgan fingerprint density at radius 3 is 2.78 bits per heavy atom. The van der Waals surface area contributed by atoms with Crippen LogP contribution in [-0.2, 0) is 11.2 Å². The first-order chi connectivity index (χ1) is 8.61. The van der Waals surface area contributed by atoms with Crippen LogP contribution in [0, 0.1) is 0 Å². The molecule has 100 valence electrons. The van der Waals surface area contributed by atoms with Crippen molar-refractivity contribution in [2.75, 3.05) is 18.5 Å². The molecule has 0 aromatic carbocycles. The lowest BCUT2D eigenvalue weighted by atomic mass is 9.92. The van der Waals surface area contributed by atoms with Crippen molar-refractivity contribution in [2.24, 2.45) is 0 Å². The number of nitrogens with one attached hydrogen (secondary N) is 1. The summed E-state index contributed by atoms with van der Waals surface area (Å²) in [7, 11) is 0. The minimum absolute atomic E-state index is 0.0411. The maximum Gasteiger partial charge on any atom is 0.134 e. The molecule has 2 heterocycles. The van der Waals surface area contributed by atoms with Crippen LogP contribution in [0.2, 0.25) is 5.15 Å². The Labute approximate surface area is 113 Å². The fraction of sp³-hybridized carbons (Fsp3) is 0.692. The van der Waals surface area contributed by atoms with Gasteiger partial charge in [-0.3, -0.25) is 0 Å². The highest BCUT2D eigenvalue weighted by Gasteiger charge is 2.27. The van der Waals surface area contributed by atoms with Crippen LogP contribution in [0.15, 0.2) is 6.07 Å². The van der Waals surface area contributed by atoms with Gasteiger partial charge in [-0.2, -0.15) is 0 Å². The lowest BCUT2D eigenvalue weighted by Crippen LogP contribution is -2.40. The Hall–Kier alpha value is -0.870. The Morgan fingerprint density at radius 1 is 1.39 bits per heavy atom. The Balaban J connectivity index is 2.12. The molecule has 0 unspecified atom stereocenters. The van der Waals surface area contributed by atoms with Crippen LogP contribution in [0.3, 0.4) is 0 Å². The summed E-state index contributed by atoms with van der Waals surface area (Å²) in [6.45, 7) is 5.90. The predicted octanol–water partition coefficient (Wildman–Crippen LogP) is 3.06. The second-order valence-corrected chi connectivity index (χ2v) is 5.43. The van der Waals surface area contributed by atoms with Crippen molar-refractivity contribution in [1.29, 1.82) is 0 Å². The van der Waals surface area contributed by atoms with Crippen molar-refractivity contribution in [1.82, 2.24) is 9.97 Å². The molecule has 4 nitrogen and oxygen atoms in total. The smallest absolute Gasteiger partial charge is 0.134 e. The molecule has 0 radical (unpaired) electrons. The average molecular weight is 270 g/mol. The molecule has 5 heteroatoms. The van der Waals surface area contributed by atoms with Crippen molar-refractivity contribution >= 4 is 17.4 Å². The van der Waals surface area contributed by atoms with Crippen LogP contribution in [0.5, 0.6) is 0 Å². The number of hydrogen-bond donors (Lipinski definition) is 1. The first-order valence-corrected chi connectivity index (χ1v) is 6.88. The van der Waals surface area contributed by atoms with Gasteiger partial charge in [0.2, 0.25) is 0 Å². The van der Waals surface area contributed by atoms with Crippen molar-refractivity contribution in [3.63, 3.8) is 0 Å². The van der Waals surface area contributed by atoms with Crippen molar-refractivity contribution in [3.05, 3.63) is 17.0 Å². The molecule has 1 fully saturated rings. The second kappa shape index (κ2) is 5.85. The molecule has 1 aliphatic heterocycles.